The van der Waals surface area contributed by atoms with Crippen LogP contribution in [0.5, 0.6) is 5.75 Å². The number of nitrogens with one attached hydrogen (secondary N) is 1. The number of benzene rings is 2. The average molecular weight is 573 g/mol. The first-order valence-electron chi connectivity index (χ1n) is 12.1. The molecule has 204 valence electrons. The summed E-state index contributed by atoms with van der Waals surface area (Å²) >= 11 is 12.4. The van der Waals surface area contributed by atoms with E-state index in [0.717, 1.165) is 12.7 Å². The molecule has 0 radical (unpaired) electrons. The minimum absolute atomic E-state index is 0.0317. The number of rotatable bonds is 14. The summed E-state index contributed by atoms with van der Waals surface area (Å²) in [7, 11) is -2.17. The van der Waals surface area contributed by atoms with E-state index >= 15 is 0 Å². The molecule has 0 aliphatic heterocycles. The second-order valence-electron chi connectivity index (χ2n) is 8.58. The van der Waals surface area contributed by atoms with E-state index in [0.29, 0.717) is 40.0 Å². The first kappa shape index (κ1) is 30.7. The van der Waals surface area contributed by atoms with Gasteiger partial charge in [0.25, 0.3) is 0 Å². The van der Waals surface area contributed by atoms with Gasteiger partial charge < -0.3 is 15.0 Å². The number of para-hydroxylation sites is 2. The lowest BCUT2D eigenvalue weighted by Crippen LogP contribution is -2.49. The molecule has 1 N–H and O–H groups in total. The highest BCUT2D eigenvalue weighted by Crippen LogP contribution is 2.30. The Labute approximate surface area is 229 Å². The quantitative estimate of drug-likeness (QED) is 0.348. The summed E-state index contributed by atoms with van der Waals surface area (Å²) in [6.45, 7) is 4.48. The molecule has 11 heteroatoms. The zero-order chi connectivity index (χ0) is 27.6. The van der Waals surface area contributed by atoms with Crippen molar-refractivity contribution in [3.05, 3.63) is 58.1 Å². The molecule has 0 unspecified atom stereocenters. The summed E-state index contributed by atoms with van der Waals surface area (Å²) in [6, 6.07) is 11.1. The number of nitrogens with zero attached hydrogens (tertiary/aromatic N) is 2. The number of hydrogen-bond acceptors (Lipinski definition) is 5. The molecular weight excluding hydrogens is 537 g/mol. The van der Waals surface area contributed by atoms with Gasteiger partial charge in [-0.25, -0.2) is 8.42 Å². The molecule has 0 bridgehead atoms. The fourth-order valence-corrected chi connectivity index (χ4v) is 5.37. The molecule has 2 aromatic carbocycles. The third kappa shape index (κ3) is 8.79. The zero-order valence-corrected chi connectivity index (χ0v) is 24.0. The van der Waals surface area contributed by atoms with Crippen LogP contribution in [0.25, 0.3) is 0 Å². The highest BCUT2D eigenvalue weighted by atomic mass is 35.5. The molecule has 8 nitrogen and oxygen atoms in total. The van der Waals surface area contributed by atoms with Crippen molar-refractivity contribution in [2.24, 2.45) is 0 Å². The molecule has 37 heavy (non-hydrogen) atoms. The minimum Gasteiger partial charge on any atom is -0.495 e. The number of methoxy groups -OCH3 is 1. The monoisotopic (exact) mass is 571 g/mol. The standard InChI is InChI=1S/C26H35Cl2N3O5S/c1-5-15-29-26(33)22(6-2)30(18-19-13-14-20(27)17-21(19)28)25(32)12-9-16-31(37(4,34)35)23-10-7-8-11-24(23)36-3/h7-8,10-11,13-14,17,22H,5-6,9,12,15-16,18H2,1-4H3,(H,29,33)/t22-/m0/s1. The number of amides is 2. The maximum atomic E-state index is 13.5. The normalized spacial score (nSPS) is 12.1. The Morgan fingerprint density at radius 1 is 1.11 bits per heavy atom. The summed E-state index contributed by atoms with van der Waals surface area (Å²) in [5, 5.41) is 3.73. The average Bonchev–Trinajstić information content (AvgIpc) is 2.85. The van der Waals surface area contributed by atoms with E-state index in [1.807, 2.05) is 13.8 Å². The van der Waals surface area contributed by atoms with Gasteiger partial charge >= 0.3 is 0 Å². The molecule has 2 amide bonds. The Bertz CT molecular complexity index is 1180. The van der Waals surface area contributed by atoms with Crippen LogP contribution in [0.1, 0.15) is 45.1 Å². The molecule has 0 aliphatic carbocycles. The van der Waals surface area contributed by atoms with E-state index in [4.69, 9.17) is 27.9 Å². The summed E-state index contributed by atoms with van der Waals surface area (Å²) in [5.41, 5.74) is 1.06. The van der Waals surface area contributed by atoms with Crippen LogP contribution in [0.4, 0.5) is 5.69 Å². The first-order chi connectivity index (χ1) is 17.5. The van der Waals surface area contributed by atoms with Crippen molar-refractivity contribution in [3.8, 4) is 5.75 Å². The lowest BCUT2D eigenvalue weighted by Gasteiger charge is -2.31. The zero-order valence-electron chi connectivity index (χ0n) is 21.7. The summed E-state index contributed by atoms with van der Waals surface area (Å²) in [4.78, 5) is 27.9. The Balaban J connectivity index is 2.27. The van der Waals surface area contributed by atoms with E-state index in [1.165, 1.54) is 16.3 Å². The Kier molecular flexibility index (Phi) is 12.0. The van der Waals surface area contributed by atoms with Gasteiger partial charge in [0.05, 0.1) is 19.1 Å². The van der Waals surface area contributed by atoms with Gasteiger partial charge in [-0.2, -0.15) is 0 Å². The molecule has 0 fully saturated rings. The molecule has 0 aromatic heterocycles. The summed E-state index contributed by atoms with van der Waals surface area (Å²) < 4.78 is 31.7. The summed E-state index contributed by atoms with van der Waals surface area (Å²) in [6.07, 6.45) is 2.56. The minimum atomic E-state index is -3.64. The van der Waals surface area contributed by atoms with Gasteiger partial charge in [-0.1, -0.05) is 55.2 Å². The second-order valence-corrected chi connectivity index (χ2v) is 11.3. The molecule has 0 aliphatic rings. The van der Waals surface area contributed by atoms with Crippen molar-refractivity contribution >= 4 is 50.7 Å². The maximum Gasteiger partial charge on any atom is 0.242 e. The van der Waals surface area contributed by atoms with Crippen molar-refractivity contribution < 1.29 is 22.7 Å². The van der Waals surface area contributed by atoms with E-state index in [-0.39, 0.29) is 37.7 Å². The number of anilines is 1. The van der Waals surface area contributed by atoms with Gasteiger partial charge in [0.15, 0.2) is 0 Å². The molecule has 0 saturated carbocycles. The fraction of sp³-hybridized carbons (Fsp3) is 0.462. The van der Waals surface area contributed by atoms with Gasteiger partial charge in [-0.15, -0.1) is 0 Å². The second kappa shape index (κ2) is 14.4. The van der Waals surface area contributed by atoms with Crippen LogP contribution in [0.2, 0.25) is 10.0 Å². The van der Waals surface area contributed by atoms with Crippen LogP contribution in [0.3, 0.4) is 0 Å². The highest BCUT2D eigenvalue weighted by molar-refractivity contribution is 7.92. The number of carbonyl (C=O) groups is 2. The highest BCUT2D eigenvalue weighted by Gasteiger charge is 2.29. The van der Waals surface area contributed by atoms with Gasteiger partial charge in [0.2, 0.25) is 21.8 Å². The predicted molar refractivity (Wildman–Crippen MR) is 149 cm³/mol. The van der Waals surface area contributed by atoms with E-state index in [2.05, 4.69) is 5.32 Å². The van der Waals surface area contributed by atoms with Crippen LogP contribution in [0, 0.1) is 0 Å². The van der Waals surface area contributed by atoms with Crippen molar-refractivity contribution in [2.75, 3.05) is 30.8 Å². The number of halogens is 2. The number of ether oxygens (including phenoxy) is 1. The number of carbonyl (C=O) groups excluding carboxylic acids is 2. The van der Waals surface area contributed by atoms with Crippen molar-refractivity contribution in [3.63, 3.8) is 0 Å². The Hall–Kier alpha value is -2.49. The molecule has 0 saturated heterocycles. The lowest BCUT2D eigenvalue weighted by atomic mass is 10.1. The topological polar surface area (TPSA) is 96.0 Å². The van der Waals surface area contributed by atoms with Crippen molar-refractivity contribution in [2.45, 2.75) is 52.1 Å². The van der Waals surface area contributed by atoms with E-state index in [1.54, 1.807) is 42.5 Å². The molecule has 0 heterocycles. The van der Waals surface area contributed by atoms with Gasteiger partial charge in [0, 0.05) is 36.1 Å². The van der Waals surface area contributed by atoms with Crippen LogP contribution >= 0.6 is 23.2 Å². The van der Waals surface area contributed by atoms with E-state index in [9.17, 15) is 18.0 Å². The van der Waals surface area contributed by atoms with Crippen LogP contribution in [-0.4, -0.2) is 57.6 Å². The van der Waals surface area contributed by atoms with Crippen molar-refractivity contribution in [1.29, 1.82) is 0 Å². The Morgan fingerprint density at radius 3 is 2.41 bits per heavy atom. The Morgan fingerprint density at radius 2 is 1.81 bits per heavy atom. The maximum absolute atomic E-state index is 13.5. The van der Waals surface area contributed by atoms with E-state index < -0.39 is 16.1 Å². The molecule has 0 spiro atoms. The largest absolute Gasteiger partial charge is 0.495 e. The molecule has 2 rings (SSSR count). The van der Waals surface area contributed by atoms with Crippen LogP contribution < -0.4 is 14.4 Å². The third-order valence-electron chi connectivity index (χ3n) is 5.80. The number of sulfonamides is 1. The SMILES string of the molecule is CCCNC(=O)[C@H](CC)N(Cc1ccc(Cl)cc1Cl)C(=O)CCCN(c1ccccc1OC)S(C)(=O)=O. The first-order valence-corrected chi connectivity index (χ1v) is 14.8. The van der Waals surface area contributed by atoms with Gasteiger partial charge in [-0.3, -0.25) is 13.9 Å². The van der Waals surface area contributed by atoms with Crippen LogP contribution in [-0.2, 0) is 26.2 Å². The van der Waals surface area contributed by atoms with Gasteiger partial charge in [-0.05, 0) is 49.1 Å². The number of hydrogen-bond donors (Lipinski definition) is 1. The molecular formula is C26H35Cl2N3O5S. The molecule has 1 atom stereocenters. The summed E-state index contributed by atoms with van der Waals surface area (Å²) in [5.74, 6) is -0.107. The van der Waals surface area contributed by atoms with Crippen molar-refractivity contribution in [1.82, 2.24) is 10.2 Å². The molecule has 2 aromatic rings. The lowest BCUT2D eigenvalue weighted by molar-refractivity contribution is -0.141. The van der Waals surface area contributed by atoms with Crippen LogP contribution in [0.15, 0.2) is 42.5 Å². The smallest absolute Gasteiger partial charge is 0.242 e. The fourth-order valence-electron chi connectivity index (χ4n) is 3.94. The third-order valence-corrected chi connectivity index (χ3v) is 7.56. The van der Waals surface area contributed by atoms with Gasteiger partial charge in [0.1, 0.15) is 11.8 Å². The predicted octanol–water partition coefficient (Wildman–Crippen LogP) is 4.88.